The first kappa shape index (κ1) is 10.5. The first-order valence-corrected chi connectivity index (χ1v) is 5.96. The Hall–Kier alpha value is -1.00. The summed E-state index contributed by atoms with van der Waals surface area (Å²) in [6.45, 7) is 2.25. The number of rotatable bonds is 4. The predicted octanol–water partition coefficient (Wildman–Crippen LogP) is 2.28. The Bertz CT molecular complexity index is 408. The number of para-hydroxylation sites is 2. The summed E-state index contributed by atoms with van der Waals surface area (Å²) in [6, 6.07) is 7.98. The standard InChI is InChI=1S/C11H14N2OS/c1-8(6-14)7-15-11-12-9-4-2-3-5-10(9)13-11/h2-5,8,14H,6-7H2,1H3,(H,12,13). The molecule has 80 valence electrons. The van der Waals surface area contributed by atoms with Crippen molar-refractivity contribution in [1.29, 1.82) is 0 Å². The Morgan fingerprint density at radius 1 is 1.47 bits per heavy atom. The van der Waals surface area contributed by atoms with Crippen LogP contribution in [0, 0.1) is 5.92 Å². The number of aromatic amines is 1. The molecule has 3 nitrogen and oxygen atoms in total. The summed E-state index contributed by atoms with van der Waals surface area (Å²) in [7, 11) is 0. The van der Waals surface area contributed by atoms with Crippen LogP contribution in [0.4, 0.5) is 0 Å². The smallest absolute Gasteiger partial charge is 0.166 e. The Labute approximate surface area is 92.9 Å². The van der Waals surface area contributed by atoms with Crippen molar-refractivity contribution in [2.45, 2.75) is 12.1 Å². The van der Waals surface area contributed by atoms with Gasteiger partial charge in [0.05, 0.1) is 11.0 Å². The molecule has 2 N–H and O–H groups in total. The van der Waals surface area contributed by atoms with Gasteiger partial charge in [-0.3, -0.25) is 0 Å². The third-order valence-corrected chi connectivity index (χ3v) is 3.39. The van der Waals surface area contributed by atoms with Crippen molar-refractivity contribution in [2.75, 3.05) is 12.4 Å². The fourth-order valence-corrected chi connectivity index (χ4v) is 2.16. The number of benzene rings is 1. The van der Waals surface area contributed by atoms with E-state index in [-0.39, 0.29) is 6.61 Å². The van der Waals surface area contributed by atoms with Gasteiger partial charge in [-0.2, -0.15) is 0 Å². The molecule has 0 saturated carbocycles. The van der Waals surface area contributed by atoms with Gasteiger partial charge in [0.15, 0.2) is 5.16 Å². The van der Waals surface area contributed by atoms with Crippen LogP contribution < -0.4 is 0 Å². The molecule has 2 rings (SSSR count). The Morgan fingerprint density at radius 2 is 2.27 bits per heavy atom. The molecule has 1 aromatic carbocycles. The monoisotopic (exact) mass is 222 g/mol. The van der Waals surface area contributed by atoms with E-state index in [9.17, 15) is 0 Å². The van der Waals surface area contributed by atoms with Crippen LogP contribution in [0.15, 0.2) is 29.4 Å². The van der Waals surface area contributed by atoms with E-state index in [4.69, 9.17) is 5.11 Å². The molecule has 0 saturated heterocycles. The van der Waals surface area contributed by atoms with Gasteiger partial charge in [-0.15, -0.1) is 0 Å². The van der Waals surface area contributed by atoms with Gasteiger partial charge >= 0.3 is 0 Å². The number of nitrogens with one attached hydrogen (secondary N) is 1. The van der Waals surface area contributed by atoms with Crippen molar-refractivity contribution in [3.8, 4) is 0 Å². The average molecular weight is 222 g/mol. The molecule has 0 amide bonds. The zero-order valence-corrected chi connectivity index (χ0v) is 9.42. The van der Waals surface area contributed by atoms with Crippen LogP contribution in [0.3, 0.4) is 0 Å². The van der Waals surface area contributed by atoms with Crippen molar-refractivity contribution in [3.63, 3.8) is 0 Å². The summed E-state index contributed by atoms with van der Waals surface area (Å²) in [5.41, 5.74) is 2.06. The van der Waals surface area contributed by atoms with Crippen LogP contribution >= 0.6 is 11.8 Å². The van der Waals surface area contributed by atoms with Gasteiger partial charge in [0.1, 0.15) is 0 Å². The Morgan fingerprint density at radius 3 is 3.00 bits per heavy atom. The van der Waals surface area contributed by atoms with Crippen LogP contribution in [-0.2, 0) is 0 Å². The minimum absolute atomic E-state index is 0.229. The summed E-state index contributed by atoms with van der Waals surface area (Å²) in [6.07, 6.45) is 0. The van der Waals surface area contributed by atoms with E-state index in [0.29, 0.717) is 5.92 Å². The molecule has 0 spiro atoms. The molecule has 2 aromatic rings. The summed E-state index contributed by atoms with van der Waals surface area (Å²) in [4.78, 5) is 7.69. The number of nitrogens with zero attached hydrogens (tertiary/aromatic N) is 1. The second-order valence-electron chi connectivity index (χ2n) is 3.66. The number of thioether (sulfide) groups is 1. The predicted molar refractivity (Wildman–Crippen MR) is 63.1 cm³/mol. The van der Waals surface area contributed by atoms with E-state index in [1.165, 1.54) is 0 Å². The van der Waals surface area contributed by atoms with Gasteiger partial charge in [0, 0.05) is 12.4 Å². The van der Waals surface area contributed by atoms with Crippen molar-refractivity contribution < 1.29 is 5.11 Å². The summed E-state index contributed by atoms with van der Waals surface area (Å²) in [5.74, 6) is 1.19. The summed E-state index contributed by atoms with van der Waals surface area (Å²) in [5, 5.41) is 9.84. The quantitative estimate of drug-likeness (QED) is 0.780. The van der Waals surface area contributed by atoms with Crippen molar-refractivity contribution in [1.82, 2.24) is 9.97 Å². The first-order valence-electron chi connectivity index (χ1n) is 4.98. The highest BCUT2D eigenvalue weighted by atomic mass is 32.2. The molecular weight excluding hydrogens is 208 g/mol. The third kappa shape index (κ3) is 2.52. The number of H-pyrrole nitrogens is 1. The lowest BCUT2D eigenvalue weighted by Crippen LogP contribution is -2.03. The van der Waals surface area contributed by atoms with E-state index in [0.717, 1.165) is 21.9 Å². The molecule has 0 bridgehead atoms. The molecule has 1 unspecified atom stereocenters. The van der Waals surface area contributed by atoms with Crippen molar-refractivity contribution >= 4 is 22.8 Å². The van der Waals surface area contributed by atoms with Crippen LogP contribution in [-0.4, -0.2) is 27.4 Å². The molecular formula is C11H14N2OS. The molecule has 0 aliphatic carbocycles. The van der Waals surface area contributed by atoms with Crippen molar-refractivity contribution in [2.24, 2.45) is 5.92 Å². The van der Waals surface area contributed by atoms with Gasteiger partial charge < -0.3 is 10.1 Å². The number of aromatic nitrogens is 2. The largest absolute Gasteiger partial charge is 0.396 e. The van der Waals surface area contributed by atoms with Crippen LogP contribution in [0.2, 0.25) is 0 Å². The maximum absolute atomic E-state index is 8.91. The van der Waals surface area contributed by atoms with E-state index in [2.05, 4.69) is 9.97 Å². The molecule has 15 heavy (non-hydrogen) atoms. The Balaban J connectivity index is 2.09. The van der Waals surface area contributed by atoms with Crippen LogP contribution in [0.25, 0.3) is 11.0 Å². The highest BCUT2D eigenvalue weighted by Gasteiger charge is 2.05. The fourth-order valence-electron chi connectivity index (χ4n) is 1.27. The molecule has 0 aliphatic rings. The van der Waals surface area contributed by atoms with Crippen LogP contribution in [0.5, 0.6) is 0 Å². The van der Waals surface area contributed by atoms with Gasteiger partial charge in [0.2, 0.25) is 0 Å². The molecule has 1 heterocycles. The maximum Gasteiger partial charge on any atom is 0.166 e. The van der Waals surface area contributed by atoms with Crippen LogP contribution in [0.1, 0.15) is 6.92 Å². The fraction of sp³-hybridized carbons (Fsp3) is 0.364. The SMILES string of the molecule is CC(CO)CSc1nc2ccccc2[nH]1. The maximum atomic E-state index is 8.91. The van der Waals surface area contributed by atoms with E-state index >= 15 is 0 Å². The number of aliphatic hydroxyl groups excluding tert-OH is 1. The van der Waals surface area contributed by atoms with Gasteiger partial charge in [-0.05, 0) is 18.1 Å². The zero-order chi connectivity index (χ0) is 10.7. The first-order chi connectivity index (χ1) is 7.29. The van der Waals surface area contributed by atoms with Gasteiger partial charge in [-0.1, -0.05) is 30.8 Å². The summed E-state index contributed by atoms with van der Waals surface area (Å²) < 4.78 is 0. The molecule has 0 aliphatic heterocycles. The summed E-state index contributed by atoms with van der Waals surface area (Å²) >= 11 is 1.65. The third-order valence-electron chi connectivity index (χ3n) is 2.18. The van der Waals surface area contributed by atoms with Gasteiger partial charge in [-0.25, -0.2) is 4.98 Å². The van der Waals surface area contributed by atoms with E-state index in [1.54, 1.807) is 11.8 Å². The van der Waals surface area contributed by atoms with E-state index in [1.807, 2.05) is 31.2 Å². The minimum atomic E-state index is 0.229. The molecule has 0 fully saturated rings. The molecule has 0 radical (unpaired) electrons. The lowest BCUT2D eigenvalue weighted by molar-refractivity contribution is 0.250. The lowest BCUT2D eigenvalue weighted by Gasteiger charge is -2.03. The van der Waals surface area contributed by atoms with Crippen molar-refractivity contribution in [3.05, 3.63) is 24.3 Å². The normalized spacial score (nSPS) is 13.2. The van der Waals surface area contributed by atoms with E-state index < -0.39 is 0 Å². The van der Waals surface area contributed by atoms with Gasteiger partial charge in [0.25, 0.3) is 0 Å². The molecule has 1 aromatic heterocycles. The average Bonchev–Trinajstić information content (AvgIpc) is 2.68. The molecule has 1 atom stereocenters. The number of hydrogen-bond donors (Lipinski definition) is 2. The zero-order valence-electron chi connectivity index (χ0n) is 8.60. The number of aliphatic hydroxyl groups is 1. The highest BCUT2D eigenvalue weighted by molar-refractivity contribution is 7.99. The Kier molecular flexibility index (Phi) is 3.28. The minimum Gasteiger partial charge on any atom is -0.396 e. The number of imidazole rings is 1. The number of hydrogen-bond acceptors (Lipinski definition) is 3. The second-order valence-corrected chi connectivity index (χ2v) is 4.67. The topological polar surface area (TPSA) is 48.9 Å². The second kappa shape index (κ2) is 4.68. The highest BCUT2D eigenvalue weighted by Crippen LogP contribution is 2.20. The number of fused-ring (bicyclic) bond motifs is 1. The molecule has 4 heteroatoms. The lowest BCUT2D eigenvalue weighted by atomic mass is 10.2.